The van der Waals surface area contributed by atoms with E-state index in [-0.39, 0.29) is 5.91 Å². The quantitative estimate of drug-likeness (QED) is 0.360. The van der Waals surface area contributed by atoms with Crippen LogP contribution >= 0.6 is 0 Å². The molecule has 5 aromatic rings. The summed E-state index contributed by atoms with van der Waals surface area (Å²) in [6.45, 7) is 4.07. The van der Waals surface area contributed by atoms with Gasteiger partial charge in [-0.3, -0.25) is 4.79 Å². The zero-order valence-electron chi connectivity index (χ0n) is 18.0. The van der Waals surface area contributed by atoms with E-state index in [4.69, 9.17) is 5.10 Å². The number of fused-ring (bicyclic) bond motifs is 1. The molecule has 0 unspecified atom stereocenters. The number of carbonyl (C=O) groups excluding carboxylic acids is 1. The third-order valence-electron chi connectivity index (χ3n) is 5.64. The Morgan fingerprint density at radius 2 is 1.50 bits per heavy atom. The third-order valence-corrected chi connectivity index (χ3v) is 5.64. The van der Waals surface area contributed by atoms with Crippen molar-refractivity contribution in [3.05, 3.63) is 114 Å². The Bertz CT molecular complexity index is 1430. The van der Waals surface area contributed by atoms with Crippen molar-refractivity contribution in [3.8, 4) is 16.9 Å². The van der Waals surface area contributed by atoms with Gasteiger partial charge in [0, 0.05) is 11.3 Å². The lowest BCUT2D eigenvalue weighted by molar-refractivity contribution is 0.102. The fourth-order valence-electron chi connectivity index (χ4n) is 3.86. The van der Waals surface area contributed by atoms with E-state index in [1.165, 1.54) is 5.39 Å². The number of nitrogens with one attached hydrogen (secondary N) is 1. The summed E-state index contributed by atoms with van der Waals surface area (Å²) < 4.78 is 1.86. The molecular weight excluding hydrogens is 394 g/mol. The summed E-state index contributed by atoms with van der Waals surface area (Å²) in [4.78, 5) is 13.0. The molecule has 0 spiro atoms. The number of benzene rings is 4. The van der Waals surface area contributed by atoms with Gasteiger partial charge < -0.3 is 5.32 Å². The number of rotatable bonds is 4. The highest BCUT2D eigenvalue weighted by molar-refractivity contribution is 6.03. The summed E-state index contributed by atoms with van der Waals surface area (Å²) in [6, 6.07) is 32.3. The summed E-state index contributed by atoms with van der Waals surface area (Å²) in [5.41, 5.74) is 6.18. The number of nitrogens with zero attached hydrogens (tertiary/aromatic N) is 2. The summed E-state index contributed by atoms with van der Waals surface area (Å²) in [6.07, 6.45) is 0. The second-order valence-electron chi connectivity index (χ2n) is 8.00. The maximum Gasteiger partial charge on any atom is 0.276 e. The molecular formula is C28H23N3O. The molecule has 4 aromatic carbocycles. The molecule has 0 bridgehead atoms. The Balaban J connectivity index is 1.61. The van der Waals surface area contributed by atoms with Crippen molar-refractivity contribution in [2.45, 2.75) is 13.8 Å². The molecule has 0 fully saturated rings. The van der Waals surface area contributed by atoms with Crippen LogP contribution in [0.2, 0.25) is 0 Å². The van der Waals surface area contributed by atoms with Crippen LogP contribution in [0.5, 0.6) is 0 Å². The smallest absolute Gasteiger partial charge is 0.276 e. The molecule has 5 rings (SSSR count). The topological polar surface area (TPSA) is 46.9 Å². The predicted molar refractivity (Wildman–Crippen MR) is 130 cm³/mol. The van der Waals surface area contributed by atoms with Crippen LogP contribution in [0.15, 0.2) is 97.1 Å². The number of carbonyl (C=O) groups is 1. The number of aromatic nitrogens is 2. The molecule has 0 saturated carbocycles. The van der Waals surface area contributed by atoms with Gasteiger partial charge in [-0.2, -0.15) is 5.10 Å². The molecule has 156 valence electrons. The SMILES string of the molecule is Cc1ccc(NC(=O)c2cc(-c3ccc4ccccc4c3)n(-c3ccccc3C)n2)cc1. The van der Waals surface area contributed by atoms with Crippen LogP contribution in [0.4, 0.5) is 5.69 Å². The number of anilines is 1. The highest BCUT2D eigenvalue weighted by Gasteiger charge is 2.18. The van der Waals surface area contributed by atoms with Gasteiger partial charge in [-0.05, 0) is 60.5 Å². The summed E-state index contributed by atoms with van der Waals surface area (Å²) in [5.74, 6) is -0.233. The molecule has 0 saturated heterocycles. The van der Waals surface area contributed by atoms with Crippen LogP contribution in [0.1, 0.15) is 21.6 Å². The molecule has 1 amide bonds. The average molecular weight is 418 g/mol. The first-order chi connectivity index (χ1) is 15.6. The van der Waals surface area contributed by atoms with Crippen LogP contribution in [0, 0.1) is 13.8 Å². The van der Waals surface area contributed by atoms with Gasteiger partial charge in [-0.1, -0.05) is 72.3 Å². The normalized spacial score (nSPS) is 10.9. The molecule has 1 aromatic heterocycles. The van der Waals surface area contributed by atoms with Crippen molar-refractivity contribution in [1.82, 2.24) is 9.78 Å². The van der Waals surface area contributed by atoms with E-state index < -0.39 is 0 Å². The third kappa shape index (κ3) is 3.79. The lowest BCUT2D eigenvalue weighted by Gasteiger charge is -2.11. The van der Waals surface area contributed by atoms with Crippen molar-refractivity contribution >= 4 is 22.4 Å². The standard InChI is InChI=1S/C28H23N3O/c1-19-11-15-24(16-12-19)29-28(32)25-18-27(31(30-25)26-10-6-3-7-20(26)2)23-14-13-21-8-4-5-9-22(21)17-23/h3-18H,1-2H3,(H,29,32). The van der Waals surface area contributed by atoms with E-state index in [0.717, 1.165) is 39.1 Å². The second-order valence-corrected chi connectivity index (χ2v) is 8.00. The minimum atomic E-state index is -0.233. The molecule has 32 heavy (non-hydrogen) atoms. The van der Waals surface area contributed by atoms with Gasteiger partial charge in [-0.25, -0.2) is 4.68 Å². The van der Waals surface area contributed by atoms with E-state index in [9.17, 15) is 4.79 Å². The molecule has 4 nitrogen and oxygen atoms in total. The maximum atomic E-state index is 13.0. The first-order valence-corrected chi connectivity index (χ1v) is 10.6. The van der Waals surface area contributed by atoms with Gasteiger partial charge in [0.15, 0.2) is 5.69 Å². The van der Waals surface area contributed by atoms with Crippen molar-refractivity contribution in [3.63, 3.8) is 0 Å². The van der Waals surface area contributed by atoms with Crippen LogP contribution in [0.3, 0.4) is 0 Å². The highest BCUT2D eigenvalue weighted by Crippen LogP contribution is 2.29. The Morgan fingerprint density at radius 1 is 0.781 bits per heavy atom. The van der Waals surface area contributed by atoms with Crippen molar-refractivity contribution < 1.29 is 4.79 Å². The minimum absolute atomic E-state index is 0.233. The largest absolute Gasteiger partial charge is 0.321 e. The van der Waals surface area contributed by atoms with Crippen LogP contribution in [-0.2, 0) is 0 Å². The molecule has 0 aliphatic rings. The molecule has 0 radical (unpaired) electrons. The van der Waals surface area contributed by atoms with E-state index in [2.05, 4.69) is 35.6 Å². The summed E-state index contributed by atoms with van der Waals surface area (Å²) >= 11 is 0. The van der Waals surface area contributed by atoms with Crippen LogP contribution < -0.4 is 5.32 Å². The van der Waals surface area contributed by atoms with Crippen molar-refractivity contribution in [2.24, 2.45) is 0 Å². The van der Waals surface area contributed by atoms with Gasteiger partial charge in [0.2, 0.25) is 0 Å². The van der Waals surface area contributed by atoms with Gasteiger partial charge in [-0.15, -0.1) is 0 Å². The first-order valence-electron chi connectivity index (χ1n) is 10.6. The average Bonchev–Trinajstić information content (AvgIpc) is 3.26. The second kappa shape index (κ2) is 8.16. The Kier molecular flexibility index (Phi) is 5.04. The van der Waals surface area contributed by atoms with Gasteiger partial charge in [0.05, 0.1) is 11.4 Å². The molecule has 1 heterocycles. The minimum Gasteiger partial charge on any atom is -0.321 e. The van der Waals surface area contributed by atoms with Gasteiger partial charge in [0.1, 0.15) is 0 Å². The molecule has 0 aliphatic heterocycles. The number of para-hydroxylation sites is 1. The lowest BCUT2D eigenvalue weighted by Crippen LogP contribution is -2.13. The Morgan fingerprint density at radius 3 is 2.28 bits per heavy atom. The summed E-state index contributed by atoms with van der Waals surface area (Å²) in [5, 5.41) is 10.00. The molecule has 1 N–H and O–H groups in total. The zero-order valence-corrected chi connectivity index (χ0v) is 18.0. The number of amides is 1. The molecule has 0 aliphatic carbocycles. The first kappa shape index (κ1) is 19.8. The molecule has 0 atom stereocenters. The zero-order chi connectivity index (χ0) is 22.1. The van der Waals surface area contributed by atoms with E-state index in [1.807, 2.05) is 85.3 Å². The van der Waals surface area contributed by atoms with E-state index in [1.54, 1.807) is 0 Å². The molecule has 4 heteroatoms. The van der Waals surface area contributed by atoms with Gasteiger partial charge >= 0.3 is 0 Å². The fraction of sp³-hybridized carbons (Fsp3) is 0.0714. The van der Waals surface area contributed by atoms with Crippen molar-refractivity contribution in [2.75, 3.05) is 5.32 Å². The lowest BCUT2D eigenvalue weighted by atomic mass is 10.0. The predicted octanol–water partition coefficient (Wildman–Crippen LogP) is 6.56. The number of aryl methyl sites for hydroxylation is 2. The maximum absolute atomic E-state index is 13.0. The number of hydrogen-bond donors (Lipinski definition) is 1. The Labute approximate surface area is 187 Å². The monoisotopic (exact) mass is 417 g/mol. The number of hydrogen-bond acceptors (Lipinski definition) is 2. The van der Waals surface area contributed by atoms with Crippen LogP contribution in [0.25, 0.3) is 27.7 Å². The van der Waals surface area contributed by atoms with Crippen molar-refractivity contribution in [1.29, 1.82) is 0 Å². The van der Waals surface area contributed by atoms with Gasteiger partial charge in [0.25, 0.3) is 5.91 Å². The van der Waals surface area contributed by atoms with E-state index >= 15 is 0 Å². The summed E-state index contributed by atoms with van der Waals surface area (Å²) in [7, 11) is 0. The fourth-order valence-corrected chi connectivity index (χ4v) is 3.86. The highest BCUT2D eigenvalue weighted by atomic mass is 16.1. The van der Waals surface area contributed by atoms with Crippen LogP contribution in [-0.4, -0.2) is 15.7 Å². The van der Waals surface area contributed by atoms with E-state index in [0.29, 0.717) is 5.69 Å². The Hall–Kier alpha value is -4.18.